The zero-order valence-corrected chi connectivity index (χ0v) is 19.5. The quantitative estimate of drug-likeness (QED) is 0.455. The van der Waals surface area contributed by atoms with Crippen molar-refractivity contribution in [2.75, 3.05) is 38.3 Å². The van der Waals surface area contributed by atoms with Crippen molar-refractivity contribution in [1.29, 1.82) is 0 Å². The van der Waals surface area contributed by atoms with Gasteiger partial charge in [-0.2, -0.15) is 13.2 Å². The second-order valence-corrected chi connectivity index (χ2v) is 8.41. The van der Waals surface area contributed by atoms with Crippen LogP contribution in [-0.2, 0) is 22.3 Å². The van der Waals surface area contributed by atoms with Crippen LogP contribution >= 0.6 is 0 Å². The number of benzene rings is 1. The van der Waals surface area contributed by atoms with Gasteiger partial charge in [-0.1, -0.05) is 5.21 Å². The molecule has 1 aliphatic heterocycles. The summed E-state index contributed by atoms with van der Waals surface area (Å²) in [6.45, 7) is 1.51. The van der Waals surface area contributed by atoms with Crippen LogP contribution in [0.2, 0.25) is 0 Å². The van der Waals surface area contributed by atoms with Gasteiger partial charge < -0.3 is 20.3 Å². The van der Waals surface area contributed by atoms with Gasteiger partial charge in [-0.25, -0.2) is 14.6 Å². The number of fused-ring (bicyclic) bond motifs is 1. The molecule has 0 unspecified atom stereocenters. The van der Waals surface area contributed by atoms with Crippen LogP contribution in [0.25, 0.3) is 11.0 Å². The Balaban J connectivity index is 1.22. The molecule has 4 rings (SSSR count). The van der Waals surface area contributed by atoms with Crippen LogP contribution in [0, 0.1) is 0 Å². The molecule has 0 radical (unpaired) electrons. The van der Waals surface area contributed by atoms with E-state index in [-0.39, 0.29) is 25.2 Å². The van der Waals surface area contributed by atoms with Crippen molar-refractivity contribution in [2.45, 2.75) is 31.6 Å². The van der Waals surface area contributed by atoms with Crippen LogP contribution in [0.5, 0.6) is 0 Å². The van der Waals surface area contributed by atoms with Gasteiger partial charge in [0.2, 0.25) is 11.8 Å². The zero-order chi connectivity index (χ0) is 25.9. The number of ether oxygens (including phenoxy) is 1. The molecule has 1 fully saturated rings. The lowest BCUT2D eigenvalue weighted by Crippen LogP contribution is -2.47. The van der Waals surface area contributed by atoms with Gasteiger partial charge in [-0.15, -0.1) is 5.10 Å². The van der Waals surface area contributed by atoms with Gasteiger partial charge in [0.05, 0.1) is 31.1 Å². The minimum absolute atomic E-state index is 0.0220. The third kappa shape index (κ3) is 5.70. The fourth-order valence-electron chi connectivity index (χ4n) is 4.01. The predicted octanol–water partition coefficient (Wildman–Crippen LogP) is 1.48. The van der Waals surface area contributed by atoms with E-state index < -0.39 is 17.8 Å². The minimum Gasteiger partial charge on any atom is -0.370 e. The molecule has 1 aliphatic rings. The number of carbonyl (C=O) groups excluding carboxylic acids is 2. The van der Waals surface area contributed by atoms with E-state index >= 15 is 0 Å². The summed E-state index contributed by atoms with van der Waals surface area (Å²) in [6, 6.07) is 4.83. The van der Waals surface area contributed by atoms with E-state index in [1.165, 1.54) is 0 Å². The fourth-order valence-corrected chi connectivity index (χ4v) is 4.01. The average molecular weight is 506 g/mol. The highest BCUT2D eigenvalue weighted by Crippen LogP contribution is 2.28. The highest BCUT2D eigenvalue weighted by atomic mass is 19.4. The normalized spacial score (nSPS) is 14.8. The molecule has 192 valence electrons. The molecule has 3 heterocycles. The van der Waals surface area contributed by atoms with Crippen LogP contribution in [0.15, 0.2) is 30.6 Å². The molecule has 0 aliphatic carbocycles. The van der Waals surface area contributed by atoms with Crippen molar-refractivity contribution in [3.05, 3.63) is 41.9 Å². The summed E-state index contributed by atoms with van der Waals surface area (Å²) in [4.78, 5) is 34.8. The first kappa shape index (κ1) is 25.3. The summed E-state index contributed by atoms with van der Waals surface area (Å²) in [5, 5.41) is 8.07. The number of nitrogens with two attached hydrogens (primary N) is 1. The first-order valence-electron chi connectivity index (χ1n) is 11.2. The predicted molar refractivity (Wildman–Crippen MR) is 122 cm³/mol. The lowest BCUT2D eigenvalue weighted by molar-refractivity contribution is -0.141. The third-order valence-electron chi connectivity index (χ3n) is 6.13. The second kappa shape index (κ2) is 10.4. The molecule has 36 heavy (non-hydrogen) atoms. The summed E-state index contributed by atoms with van der Waals surface area (Å²) < 4.78 is 45.2. The Hall–Kier alpha value is -3.81. The number of amides is 2. The van der Waals surface area contributed by atoms with E-state index in [1.807, 2.05) is 4.90 Å². The molecule has 1 saturated heterocycles. The Morgan fingerprint density at radius 2 is 1.94 bits per heavy atom. The SMILES string of the molecule is CN(C(=O)COCCn1nnc2ccc(C(N)=O)cc21)C1CCN(c2cnc(C(F)(F)F)cn2)CC1. The van der Waals surface area contributed by atoms with Gasteiger partial charge in [-0.3, -0.25) is 9.59 Å². The number of alkyl halides is 3. The average Bonchev–Trinajstić information content (AvgIpc) is 3.28. The highest BCUT2D eigenvalue weighted by molar-refractivity contribution is 5.96. The Labute approximate surface area is 204 Å². The van der Waals surface area contributed by atoms with E-state index in [0.717, 1.165) is 12.4 Å². The van der Waals surface area contributed by atoms with Gasteiger partial charge in [0.25, 0.3) is 0 Å². The van der Waals surface area contributed by atoms with Crippen LogP contribution < -0.4 is 10.6 Å². The molecular weight excluding hydrogens is 481 g/mol. The maximum atomic E-state index is 12.7. The number of hydrogen-bond donors (Lipinski definition) is 1. The number of halogens is 3. The summed E-state index contributed by atoms with van der Waals surface area (Å²) in [5.74, 6) is -0.350. The number of likely N-dealkylation sites (N-methyl/N-ethyl adjacent to an activating group) is 1. The number of hydrogen-bond acceptors (Lipinski definition) is 8. The lowest BCUT2D eigenvalue weighted by atomic mass is 10.0. The van der Waals surface area contributed by atoms with Gasteiger partial charge in [0.15, 0.2) is 5.69 Å². The molecule has 0 saturated carbocycles. The number of anilines is 1. The maximum Gasteiger partial charge on any atom is 0.434 e. The number of carbonyl (C=O) groups is 2. The molecule has 0 atom stereocenters. The fraction of sp³-hybridized carbons (Fsp3) is 0.455. The molecule has 0 bridgehead atoms. The van der Waals surface area contributed by atoms with Crippen molar-refractivity contribution >= 4 is 28.7 Å². The summed E-state index contributed by atoms with van der Waals surface area (Å²) in [5.41, 5.74) is 5.90. The largest absolute Gasteiger partial charge is 0.434 e. The van der Waals surface area contributed by atoms with Gasteiger partial charge in [0.1, 0.15) is 17.9 Å². The monoisotopic (exact) mass is 506 g/mol. The summed E-state index contributed by atoms with van der Waals surface area (Å²) >= 11 is 0. The highest BCUT2D eigenvalue weighted by Gasteiger charge is 2.33. The maximum absolute atomic E-state index is 12.7. The van der Waals surface area contributed by atoms with Crippen LogP contribution in [-0.4, -0.2) is 81.1 Å². The first-order valence-corrected chi connectivity index (χ1v) is 11.2. The third-order valence-corrected chi connectivity index (χ3v) is 6.13. The van der Waals surface area contributed by atoms with Crippen LogP contribution in [0.1, 0.15) is 28.9 Å². The van der Waals surface area contributed by atoms with Gasteiger partial charge in [0, 0.05) is 31.7 Å². The Kier molecular flexibility index (Phi) is 7.33. The van der Waals surface area contributed by atoms with E-state index in [4.69, 9.17) is 10.5 Å². The zero-order valence-electron chi connectivity index (χ0n) is 19.5. The smallest absolute Gasteiger partial charge is 0.370 e. The molecule has 14 heteroatoms. The van der Waals surface area contributed by atoms with Crippen molar-refractivity contribution in [3.8, 4) is 0 Å². The number of piperidine rings is 1. The number of primary amides is 1. The number of aromatic nitrogens is 5. The molecule has 11 nitrogen and oxygen atoms in total. The molecular formula is C22H25F3N8O3. The summed E-state index contributed by atoms with van der Waals surface area (Å²) in [6.07, 6.45) is -1.40. The van der Waals surface area contributed by atoms with Crippen molar-refractivity contribution in [1.82, 2.24) is 29.9 Å². The van der Waals surface area contributed by atoms with Crippen molar-refractivity contribution in [2.24, 2.45) is 5.73 Å². The topological polar surface area (TPSA) is 132 Å². The van der Waals surface area contributed by atoms with Gasteiger partial charge >= 0.3 is 6.18 Å². The minimum atomic E-state index is -4.53. The van der Waals surface area contributed by atoms with Crippen LogP contribution in [0.4, 0.5) is 19.0 Å². The lowest BCUT2D eigenvalue weighted by Gasteiger charge is -2.37. The van der Waals surface area contributed by atoms with Gasteiger partial charge in [-0.05, 0) is 31.0 Å². The van der Waals surface area contributed by atoms with Crippen molar-refractivity contribution in [3.63, 3.8) is 0 Å². The standard InChI is InChI=1S/C22H25F3N8O3/c1-31(15-4-6-32(7-5-15)19-12-27-18(11-28-19)22(23,24)25)20(34)13-36-9-8-33-17-10-14(21(26)35)2-3-16(17)29-30-33/h2-3,10-12,15H,4-9,13H2,1H3,(H2,26,35). The van der Waals surface area contributed by atoms with E-state index in [1.54, 1.807) is 34.8 Å². The second-order valence-electron chi connectivity index (χ2n) is 8.41. The molecule has 2 amide bonds. The number of rotatable bonds is 8. The van der Waals surface area contributed by atoms with Crippen molar-refractivity contribution < 1.29 is 27.5 Å². The first-order chi connectivity index (χ1) is 17.1. The number of nitrogens with zero attached hydrogens (tertiary/aromatic N) is 7. The van der Waals surface area contributed by atoms with Crippen LogP contribution in [0.3, 0.4) is 0 Å². The molecule has 0 spiro atoms. The summed E-state index contributed by atoms with van der Waals surface area (Å²) in [7, 11) is 1.71. The van der Waals surface area contributed by atoms with E-state index in [2.05, 4.69) is 20.3 Å². The molecule has 2 N–H and O–H groups in total. The molecule has 1 aromatic carbocycles. The Morgan fingerprint density at radius 3 is 2.58 bits per heavy atom. The molecule has 2 aromatic heterocycles. The van der Waals surface area contributed by atoms with E-state index in [0.29, 0.717) is 54.9 Å². The Morgan fingerprint density at radius 1 is 1.19 bits per heavy atom. The Bertz CT molecular complexity index is 1220. The molecule has 3 aromatic rings. The van der Waals surface area contributed by atoms with E-state index in [9.17, 15) is 22.8 Å².